The van der Waals surface area contributed by atoms with Gasteiger partial charge in [0.15, 0.2) is 5.79 Å². The Labute approximate surface area is 92.1 Å². The first kappa shape index (κ1) is 12.7. The van der Waals surface area contributed by atoms with Gasteiger partial charge in [0.2, 0.25) is 0 Å². The molecule has 0 bridgehead atoms. The molecule has 3 heteroatoms. The van der Waals surface area contributed by atoms with E-state index in [9.17, 15) is 5.11 Å². The van der Waals surface area contributed by atoms with Crippen LogP contribution < -0.4 is 0 Å². The van der Waals surface area contributed by atoms with Gasteiger partial charge in [-0.3, -0.25) is 0 Å². The fourth-order valence-electron chi connectivity index (χ4n) is 1.85. The molecule has 1 heterocycles. The number of allylic oxidation sites excluding steroid dienone is 1. The largest absolute Gasteiger partial charge is 0.390 e. The average molecular weight is 214 g/mol. The van der Waals surface area contributed by atoms with Crippen molar-refractivity contribution in [3.05, 3.63) is 11.6 Å². The van der Waals surface area contributed by atoms with E-state index in [-0.39, 0.29) is 12.0 Å². The van der Waals surface area contributed by atoms with Gasteiger partial charge >= 0.3 is 0 Å². The summed E-state index contributed by atoms with van der Waals surface area (Å²) in [7, 11) is 0. The van der Waals surface area contributed by atoms with Crippen molar-refractivity contribution in [1.29, 1.82) is 0 Å². The van der Waals surface area contributed by atoms with Crippen LogP contribution in [0.15, 0.2) is 11.6 Å². The van der Waals surface area contributed by atoms with Crippen LogP contribution in [0.3, 0.4) is 0 Å². The lowest BCUT2D eigenvalue weighted by atomic mass is 9.98. The number of hydrogen-bond acceptors (Lipinski definition) is 3. The molecule has 3 nitrogen and oxygen atoms in total. The van der Waals surface area contributed by atoms with E-state index >= 15 is 0 Å². The first-order valence-electron chi connectivity index (χ1n) is 5.47. The number of aliphatic hydroxyl groups excluding tert-OH is 1. The summed E-state index contributed by atoms with van der Waals surface area (Å²) in [5.41, 5.74) is 1.21. The second-order valence-electron chi connectivity index (χ2n) is 4.96. The zero-order valence-electron chi connectivity index (χ0n) is 10.3. The van der Waals surface area contributed by atoms with Crippen molar-refractivity contribution in [2.45, 2.75) is 52.6 Å². The maximum atomic E-state index is 10.0. The van der Waals surface area contributed by atoms with Gasteiger partial charge in [-0.2, -0.15) is 0 Å². The average Bonchev–Trinajstić information content (AvgIpc) is 2.43. The molecule has 0 aromatic heterocycles. The molecular formula is C12H22O3. The molecule has 15 heavy (non-hydrogen) atoms. The highest BCUT2D eigenvalue weighted by Crippen LogP contribution is 2.27. The Kier molecular flexibility index (Phi) is 3.93. The summed E-state index contributed by atoms with van der Waals surface area (Å²) in [5, 5.41) is 10.0. The summed E-state index contributed by atoms with van der Waals surface area (Å²) in [4.78, 5) is 0. The van der Waals surface area contributed by atoms with E-state index in [2.05, 4.69) is 6.08 Å². The summed E-state index contributed by atoms with van der Waals surface area (Å²) in [5.74, 6) is -0.464. The molecule has 0 spiro atoms. The van der Waals surface area contributed by atoms with E-state index in [1.807, 2.05) is 34.6 Å². The molecule has 3 atom stereocenters. The van der Waals surface area contributed by atoms with Crippen LogP contribution in [0, 0.1) is 5.92 Å². The van der Waals surface area contributed by atoms with Gasteiger partial charge in [-0.1, -0.05) is 18.6 Å². The van der Waals surface area contributed by atoms with Crippen molar-refractivity contribution in [2.75, 3.05) is 6.61 Å². The van der Waals surface area contributed by atoms with Crippen molar-refractivity contribution in [3.63, 3.8) is 0 Å². The van der Waals surface area contributed by atoms with Gasteiger partial charge in [0.1, 0.15) is 6.10 Å². The van der Waals surface area contributed by atoms with Gasteiger partial charge in [-0.15, -0.1) is 0 Å². The zero-order valence-corrected chi connectivity index (χ0v) is 10.3. The molecule has 88 valence electrons. The first-order valence-corrected chi connectivity index (χ1v) is 5.47. The van der Waals surface area contributed by atoms with Crippen molar-refractivity contribution >= 4 is 0 Å². The van der Waals surface area contributed by atoms with Gasteiger partial charge in [0, 0.05) is 5.92 Å². The monoisotopic (exact) mass is 214 g/mol. The third-order valence-corrected chi connectivity index (χ3v) is 2.55. The number of rotatable bonds is 3. The summed E-state index contributed by atoms with van der Waals surface area (Å²) in [6.45, 7) is 10.2. The molecule has 0 saturated carbocycles. The Morgan fingerprint density at radius 3 is 2.47 bits per heavy atom. The van der Waals surface area contributed by atoms with Crippen LogP contribution in [0.4, 0.5) is 0 Å². The number of hydrogen-bond donors (Lipinski definition) is 1. The van der Waals surface area contributed by atoms with Gasteiger partial charge in [0.25, 0.3) is 0 Å². The maximum absolute atomic E-state index is 10.0. The number of ether oxygens (including phenoxy) is 2. The SMILES string of the molecule is CC(C)=C[C@@H](C)[C@H](O)[C@H]1COC(C)(C)O1. The molecule has 1 rings (SSSR count). The van der Waals surface area contributed by atoms with Crippen LogP contribution in [0.1, 0.15) is 34.6 Å². The second-order valence-corrected chi connectivity index (χ2v) is 4.96. The molecule has 1 fully saturated rings. The van der Waals surface area contributed by atoms with Crippen LogP contribution in [-0.4, -0.2) is 29.7 Å². The third kappa shape index (κ3) is 3.59. The molecule has 0 aromatic rings. The first-order chi connectivity index (χ1) is 6.82. The van der Waals surface area contributed by atoms with Crippen LogP contribution in [0.5, 0.6) is 0 Å². The minimum atomic E-state index is -0.559. The van der Waals surface area contributed by atoms with Crippen molar-refractivity contribution in [2.24, 2.45) is 5.92 Å². The predicted octanol–water partition coefficient (Wildman–Crippen LogP) is 2.10. The van der Waals surface area contributed by atoms with Crippen LogP contribution in [0.2, 0.25) is 0 Å². The van der Waals surface area contributed by atoms with Gasteiger partial charge in [-0.05, 0) is 27.7 Å². The van der Waals surface area contributed by atoms with Crippen LogP contribution in [0.25, 0.3) is 0 Å². The lowest BCUT2D eigenvalue weighted by molar-refractivity contribution is -0.153. The van der Waals surface area contributed by atoms with Gasteiger partial charge in [-0.25, -0.2) is 0 Å². The van der Waals surface area contributed by atoms with E-state index in [1.165, 1.54) is 5.57 Å². The van der Waals surface area contributed by atoms with E-state index in [0.717, 1.165) is 0 Å². The third-order valence-electron chi connectivity index (χ3n) is 2.55. The van der Waals surface area contributed by atoms with Crippen LogP contribution >= 0.6 is 0 Å². The predicted molar refractivity (Wildman–Crippen MR) is 59.5 cm³/mol. The zero-order chi connectivity index (χ0) is 11.6. The highest BCUT2D eigenvalue weighted by atomic mass is 16.7. The molecule has 0 unspecified atom stereocenters. The molecule has 1 aliphatic heterocycles. The quantitative estimate of drug-likeness (QED) is 0.731. The van der Waals surface area contributed by atoms with E-state index < -0.39 is 11.9 Å². The van der Waals surface area contributed by atoms with E-state index in [4.69, 9.17) is 9.47 Å². The maximum Gasteiger partial charge on any atom is 0.163 e. The Bertz CT molecular complexity index is 241. The molecule has 0 amide bonds. The second kappa shape index (κ2) is 4.64. The Hall–Kier alpha value is -0.380. The normalized spacial score (nSPS) is 28.5. The standard InChI is InChI=1S/C12H22O3/c1-8(2)6-9(3)11(13)10-7-14-12(4,5)15-10/h6,9-11,13H,7H2,1-5H3/t9-,10-,11+/m1/s1. The fraction of sp³-hybridized carbons (Fsp3) is 0.833. The Morgan fingerprint density at radius 2 is 2.07 bits per heavy atom. The van der Waals surface area contributed by atoms with Crippen molar-refractivity contribution in [1.82, 2.24) is 0 Å². The molecule has 1 saturated heterocycles. The highest BCUT2D eigenvalue weighted by Gasteiger charge is 2.38. The molecule has 0 aliphatic carbocycles. The van der Waals surface area contributed by atoms with E-state index in [1.54, 1.807) is 0 Å². The minimum Gasteiger partial charge on any atom is -0.390 e. The number of aliphatic hydroxyl groups is 1. The topological polar surface area (TPSA) is 38.7 Å². The van der Waals surface area contributed by atoms with E-state index in [0.29, 0.717) is 6.61 Å². The van der Waals surface area contributed by atoms with Crippen LogP contribution in [-0.2, 0) is 9.47 Å². The molecule has 1 aliphatic rings. The Morgan fingerprint density at radius 1 is 1.47 bits per heavy atom. The summed E-state index contributed by atoms with van der Waals surface area (Å²) < 4.78 is 11.0. The summed E-state index contributed by atoms with van der Waals surface area (Å²) in [6, 6.07) is 0. The van der Waals surface area contributed by atoms with Gasteiger partial charge in [0.05, 0.1) is 12.7 Å². The lowest BCUT2D eigenvalue weighted by Gasteiger charge is -2.23. The Balaban J connectivity index is 2.55. The fourth-order valence-corrected chi connectivity index (χ4v) is 1.85. The van der Waals surface area contributed by atoms with Gasteiger partial charge < -0.3 is 14.6 Å². The highest BCUT2D eigenvalue weighted by molar-refractivity contribution is 5.00. The molecule has 1 N–H and O–H groups in total. The van der Waals surface area contributed by atoms with Crippen molar-refractivity contribution in [3.8, 4) is 0 Å². The van der Waals surface area contributed by atoms with Crippen molar-refractivity contribution < 1.29 is 14.6 Å². The molecule has 0 aromatic carbocycles. The molecule has 0 radical (unpaired) electrons. The summed E-state index contributed by atoms with van der Waals surface area (Å²) >= 11 is 0. The molecular weight excluding hydrogens is 192 g/mol. The minimum absolute atomic E-state index is 0.0949. The lowest BCUT2D eigenvalue weighted by Crippen LogP contribution is -2.34. The smallest absolute Gasteiger partial charge is 0.163 e. The summed E-state index contributed by atoms with van der Waals surface area (Å²) in [6.07, 6.45) is 1.34.